The smallest absolute Gasteiger partial charge is 0.247 e. The SMILES string of the molecule is C=CC(=O)N[C@@H](C)C(=O)N[C@H](C(=O)N1CCC[C@H]1C(=O)Nc1cc2c(Nc3ccc(F)c(Cl)c3F)ncnc2cc1OC)C(C)(C)C. The summed E-state index contributed by atoms with van der Waals surface area (Å²) in [5.74, 6) is -3.56. The van der Waals surface area contributed by atoms with Crippen LogP contribution in [0.3, 0.4) is 0 Å². The molecule has 1 aliphatic rings. The van der Waals surface area contributed by atoms with E-state index in [0.717, 1.165) is 12.1 Å². The average Bonchev–Trinajstić information content (AvgIpc) is 3.53. The summed E-state index contributed by atoms with van der Waals surface area (Å²) < 4.78 is 33.9. The van der Waals surface area contributed by atoms with E-state index in [4.69, 9.17) is 16.3 Å². The van der Waals surface area contributed by atoms with E-state index in [1.807, 2.05) is 0 Å². The summed E-state index contributed by atoms with van der Waals surface area (Å²) in [6, 6.07) is 2.47. The molecule has 250 valence electrons. The Balaban J connectivity index is 1.59. The largest absolute Gasteiger partial charge is 0.494 e. The van der Waals surface area contributed by atoms with Crippen molar-refractivity contribution in [1.29, 1.82) is 0 Å². The topological polar surface area (TPSA) is 155 Å². The fourth-order valence-corrected chi connectivity index (χ4v) is 5.30. The normalized spacial score (nSPS) is 15.8. The molecule has 0 saturated carbocycles. The molecule has 2 heterocycles. The highest BCUT2D eigenvalue weighted by atomic mass is 35.5. The number of ether oxygens (including phenoxy) is 1. The fraction of sp³-hybridized carbons (Fsp3) is 0.375. The summed E-state index contributed by atoms with van der Waals surface area (Å²) in [5.41, 5.74) is -0.244. The summed E-state index contributed by atoms with van der Waals surface area (Å²) in [4.78, 5) is 62.1. The van der Waals surface area contributed by atoms with E-state index < -0.39 is 63.8 Å². The molecule has 1 saturated heterocycles. The van der Waals surface area contributed by atoms with Crippen molar-refractivity contribution in [2.24, 2.45) is 5.41 Å². The summed E-state index contributed by atoms with van der Waals surface area (Å²) in [6.07, 6.45) is 3.19. The van der Waals surface area contributed by atoms with E-state index in [2.05, 4.69) is 37.8 Å². The number of hydrogen-bond donors (Lipinski definition) is 4. The van der Waals surface area contributed by atoms with E-state index >= 15 is 0 Å². The molecule has 15 heteroatoms. The van der Waals surface area contributed by atoms with Gasteiger partial charge in [-0.1, -0.05) is 39.0 Å². The summed E-state index contributed by atoms with van der Waals surface area (Å²) >= 11 is 5.74. The van der Waals surface area contributed by atoms with E-state index in [1.54, 1.807) is 26.8 Å². The molecular formula is C32H36ClF2N7O5. The number of rotatable bonds is 10. The van der Waals surface area contributed by atoms with Gasteiger partial charge in [0.15, 0.2) is 5.82 Å². The minimum Gasteiger partial charge on any atom is -0.494 e. The average molecular weight is 672 g/mol. The highest BCUT2D eigenvalue weighted by Gasteiger charge is 2.42. The van der Waals surface area contributed by atoms with Crippen LogP contribution in [-0.2, 0) is 19.2 Å². The number of likely N-dealkylation sites (tertiary alicyclic amines) is 1. The van der Waals surface area contributed by atoms with Crippen molar-refractivity contribution in [2.75, 3.05) is 24.3 Å². The molecule has 0 spiro atoms. The van der Waals surface area contributed by atoms with Gasteiger partial charge in [0.2, 0.25) is 23.6 Å². The number of nitrogens with one attached hydrogen (secondary N) is 4. The Morgan fingerprint density at radius 2 is 1.85 bits per heavy atom. The van der Waals surface area contributed by atoms with Crippen LogP contribution in [-0.4, -0.2) is 70.3 Å². The third kappa shape index (κ3) is 7.76. The van der Waals surface area contributed by atoms with Crippen LogP contribution in [0.15, 0.2) is 43.2 Å². The molecule has 0 radical (unpaired) electrons. The number of carbonyl (C=O) groups is 4. The maximum absolute atomic E-state index is 14.7. The lowest BCUT2D eigenvalue weighted by Gasteiger charge is -2.36. The minimum atomic E-state index is -1.01. The molecule has 0 unspecified atom stereocenters. The fourth-order valence-electron chi connectivity index (χ4n) is 5.14. The predicted molar refractivity (Wildman–Crippen MR) is 173 cm³/mol. The first-order valence-corrected chi connectivity index (χ1v) is 15.1. The zero-order valence-corrected chi connectivity index (χ0v) is 27.3. The number of aromatic nitrogens is 2. The molecule has 3 atom stereocenters. The van der Waals surface area contributed by atoms with E-state index in [0.29, 0.717) is 23.7 Å². The first-order chi connectivity index (χ1) is 22.2. The number of anilines is 3. The molecule has 47 heavy (non-hydrogen) atoms. The molecule has 1 aromatic heterocycles. The first-order valence-electron chi connectivity index (χ1n) is 14.7. The number of fused-ring (bicyclic) bond motifs is 1. The molecular weight excluding hydrogens is 636 g/mol. The Labute approximate surface area is 275 Å². The second-order valence-corrected chi connectivity index (χ2v) is 12.4. The van der Waals surface area contributed by atoms with Gasteiger partial charge in [-0.05, 0) is 49.5 Å². The van der Waals surface area contributed by atoms with Gasteiger partial charge in [0, 0.05) is 18.0 Å². The van der Waals surface area contributed by atoms with E-state index in [9.17, 15) is 28.0 Å². The molecule has 2 aromatic carbocycles. The first kappa shape index (κ1) is 35.0. The van der Waals surface area contributed by atoms with Crippen molar-refractivity contribution in [3.8, 4) is 5.75 Å². The highest BCUT2D eigenvalue weighted by molar-refractivity contribution is 6.31. The number of benzene rings is 2. The molecule has 3 aromatic rings. The van der Waals surface area contributed by atoms with Gasteiger partial charge < -0.3 is 30.9 Å². The van der Waals surface area contributed by atoms with Crippen molar-refractivity contribution in [3.05, 3.63) is 59.9 Å². The summed E-state index contributed by atoms with van der Waals surface area (Å²) in [7, 11) is 1.41. The predicted octanol–water partition coefficient (Wildman–Crippen LogP) is 4.46. The highest BCUT2D eigenvalue weighted by Crippen LogP contribution is 2.35. The maximum atomic E-state index is 14.7. The second-order valence-electron chi connectivity index (χ2n) is 12.1. The van der Waals surface area contributed by atoms with Crippen LogP contribution in [0.1, 0.15) is 40.5 Å². The Hall–Kier alpha value is -4.85. The van der Waals surface area contributed by atoms with Crippen molar-refractivity contribution in [3.63, 3.8) is 0 Å². The van der Waals surface area contributed by atoms with Gasteiger partial charge in [0.1, 0.15) is 46.9 Å². The van der Waals surface area contributed by atoms with Crippen LogP contribution in [0.4, 0.5) is 26.0 Å². The zero-order valence-electron chi connectivity index (χ0n) is 26.5. The zero-order chi connectivity index (χ0) is 34.6. The lowest BCUT2D eigenvalue weighted by molar-refractivity contribution is -0.143. The van der Waals surface area contributed by atoms with Crippen molar-refractivity contribution >= 4 is 63.3 Å². The van der Waals surface area contributed by atoms with Gasteiger partial charge in [0.25, 0.3) is 0 Å². The summed E-state index contributed by atoms with van der Waals surface area (Å²) in [6.45, 7) is 10.5. The summed E-state index contributed by atoms with van der Waals surface area (Å²) in [5, 5.41) is 10.5. The number of methoxy groups -OCH3 is 1. The number of hydrogen-bond acceptors (Lipinski definition) is 8. The standard InChI is InChI=1S/C32H36ClF2N7O5/c1-7-24(43)38-16(2)29(44)41-27(32(3,4)5)31(46)42-12-8-9-22(42)30(45)40-21-13-17-20(14-23(21)47-6)36-15-37-28(17)39-19-11-10-18(34)25(33)26(19)35/h7,10-11,13-16,22,27H,1,8-9,12H2,2-6H3,(H,38,43)(H,40,45)(H,41,44)(H,36,37,39)/t16-,22-,27+/m0/s1. The quantitative estimate of drug-likeness (QED) is 0.182. The number of amides is 4. The van der Waals surface area contributed by atoms with Crippen LogP contribution in [0, 0.1) is 17.0 Å². The lowest BCUT2D eigenvalue weighted by Crippen LogP contribution is -2.59. The molecule has 12 nitrogen and oxygen atoms in total. The molecule has 0 aliphatic carbocycles. The Morgan fingerprint density at radius 1 is 1.13 bits per heavy atom. The second kappa shape index (κ2) is 14.3. The van der Waals surface area contributed by atoms with Crippen LogP contribution < -0.4 is 26.0 Å². The van der Waals surface area contributed by atoms with Crippen LogP contribution in [0.25, 0.3) is 10.9 Å². The van der Waals surface area contributed by atoms with Crippen molar-refractivity contribution < 1.29 is 32.7 Å². The van der Waals surface area contributed by atoms with Crippen LogP contribution in [0.2, 0.25) is 5.02 Å². The molecule has 4 N–H and O–H groups in total. The third-order valence-corrected chi connectivity index (χ3v) is 8.02. The molecule has 4 amide bonds. The van der Waals surface area contributed by atoms with Gasteiger partial charge in [-0.3, -0.25) is 19.2 Å². The third-order valence-electron chi connectivity index (χ3n) is 7.68. The monoisotopic (exact) mass is 671 g/mol. The van der Waals surface area contributed by atoms with Crippen molar-refractivity contribution in [1.82, 2.24) is 25.5 Å². The number of carbonyl (C=O) groups excluding carboxylic acids is 4. The van der Waals surface area contributed by atoms with Crippen LogP contribution >= 0.6 is 11.6 Å². The molecule has 0 bridgehead atoms. The van der Waals surface area contributed by atoms with E-state index in [-0.39, 0.29) is 29.5 Å². The lowest BCUT2D eigenvalue weighted by atomic mass is 9.85. The molecule has 4 rings (SSSR count). The van der Waals surface area contributed by atoms with Crippen molar-refractivity contribution in [2.45, 2.75) is 58.7 Å². The van der Waals surface area contributed by atoms with Gasteiger partial charge in [0.05, 0.1) is 24.0 Å². The maximum Gasteiger partial charge on any atom is 0.247 e. The minimum absolute atomic E-state index is 0.129. The van der Waals surface area contributed by atoms with Crippen LogP contribution in [0.5, 0.6) is 5.75 Å². The van der Waals surface area contributed by atoms with Gasteiger partial charge >= 0.3 is 0 Å². The Bertz CT molecular complexity index is 1730. The van der Waals surface area contributed by atoms with E-state index in [1.165, 1.54) is 37.4 Å². The van der Waals surface area contributed by atoms with Gasteiger partial charge in [-0.2, -0.15) is 0 Å². The van der Waals surface area contributed by atoms with Gasteiger partial charge in [-0.25, -0.2) is 18.7 Å². The Kier molecular flexibility index (Phi) is 10.6. The van der Waals surface area contributed by atoms with Gasteiger partial charge in [-0.15, -0.1) is 0 Å². The molecule has 1 aliphatic heterocycles. The Morgan fingerprint density at radius 3 is 2.51 bits per heavy atom. The molecule has 1 fully saturated rings. The number of nitrogens with zero attached hydrogens (tertiary/aromatic N) is 3. The number of halogens is 3.